The molecule has 0 saturated heterocycles. The molecule has 10 heteroatoms. The minimum Gasteiger partial charge on any atom is -0.385 e. The zero-order chi connectivity index (χ0) is 16.2. The fourth-order valence-electron chi connectivity index (χ4n) is 1.78. The molecule has 0 saturated carbocycles. The van der Waals surface area contributed by atoms with Crippen molar-refractivity contribution in [1.82, 2.24) is 9.21 Å². The summed E-state index contributed by atoms with van der Waals surface area (Å²) in [7, 11) is 0.0863. The largest absolute Gasteiger partial charge is 0.385 e. The Morgan fingerprint density at radius 2 is 2.00 bits per heavy atom. The van der Waals surface area contributed by atoms with Crippen molar-refractivity contribution < 1.29 is 13.3 Å². The number of thiophene rings is 1. The van der Waals surface area contributed by atoms with Gasteiger partial charge < -0.3 is 10.6 Å². The van der Waals surface area contributed by atoms with E-state index in [1.54, 1.807) is 6.92 Å². The quantitative estimate of drug-likeness (QED) is 0.564. The van der Waals surface area contributed by atoms with E-state index in [1.165, 1.54) is 4.31 Å². The van der Waals surface area contributed by atoms with Crippen molar-refractivity contribution in [1.29, 1.82) is 0 Å². The van der Waals surface area contributed by atoms with Crippen LogP contribution in [0.1, 0.15) is 13.3 Å². The van der Waals surface area contributed by atoms with Crippen molar-refractivity contribution in [2.24, 2.45) is 0 Å². The van der Waals surface area contributed by atoms with Crippen LogP contribution in [0.15, 0.2) is 10.3 Å². The number of sulfonamides is 1. The van der Waals surface area contributed by atoms with Gasteiger partial charge in [0.25, 0.3) is 10.0 Å². The number of rotatable bonds is 8. The maximum atomic E-state index is 12.5. The first-order chi connectivity index (χ1) is 9.70. The van der Waals surface area contributed by atoms with Gasteiger partial charge in [0.1, 0.15) is 4.21 Å². The fraction of sp³-hybridized carbons (Fsp3) is 0.636. The van der Waals surface area contributed by atoms with E-state index in [0.717, 1.165) is 23.9 Å². The molecule has 1 aromatic rings. The molecule has 0 bridgehead atoms. The molecule has 0 atom stereocenters. The Morgan fingerprint density at radius 1 is 1.38 bits per heavy atom. The van der Waals surface area contributed by atoms with Gasteiger partial charge in [-0.1, -0.05) is 18.3 Å². The van der Waals surface area contributed by atoms with Crippen LogP contribution in [0.25, 0.3) is 0 Å². The lowest BCUT2D eigenvalue weighted by molar-refractivity contribution is -0.383. The van der Waals surface area contributed by atoms with Crippen LogP contribution >= 0.6 is 11.3 Å². The molecule has 21 heavy (non-hydrogen) atoms. The molecule has 1 rings (SSSR count). The zero-order valence-electron chi connectivity index (χ0n) is 12.3. The minimum atomic E-state index is -3.74. The van der Waals surface area contributed by atoms with Gasteiger partial charge in [0.15, 0.2) is 5.00 Å². The normalized spacial score (nSPS) is 12.2. The molecule has 2 N–H and O–H groups in total. The van der Waals surface area contributed by atoms with Crippen molar-refractivity contribution in [2.75, 3.05) is 39.5 Å². The first-order valence-electron chi connectivity index (χ1n) is 6.38. The van der Waals surface area contributed by atoms with Crippen LogP contribution in [0.2, 0.25) is 0 Å². The van der Waals surface area contributed by atoms with Gasteiger partial charge in [-0.15, -0.1) is 0 Å². The van der Waals surface area contributed by atoms with Crippen molar-refractivity contribution in [3.05, 3.63) is 16.2 Å². The molecule has 8 nitrogen and oxygen atoms in total. The minimum absolute atomic E-state index is 0.0848. The Hall–Kier alpha value is -1.23. The van der Waals surface area contributed by atoms with Crippen LogP contribution < -0.4 is 5.73 Å². The Bertz CT molecular complexity index is 597. The Morgan fingerprint density at radius 3 is 2.43 bits per heavy atom. The standard InChI is InChI=1S/C11H20N4O4S2/c1-4-14(7-5-6-13(2)3)21(18,19)10-8-9(15(16)17)11(12)20-10/h8H,4-7,12H2,1-3H3. The van der Waals surface area contributed by atoms with Crippen molar-refractivity contribution in [2.45, 2.75) is 17.6 Å². The number of anilines is 1. The van der Waals surface area contributed by atoms with Crippen LogP contribution in [0.4, 0.5) is 10.7 Å². The molecule has 1 aromatic heterocycles. The van der Waals surface area contributed by atoms with Gasteiger partial charge in [-0.3, -0.25) is 10.1 Å². The van der Waals surface area contributed by atoms with Crippen molar-refractivity contribution >= 4 is 32.0 Å². The number of nitrogens with zero attached hydrogens (tertiary/aromatic N) is 3. The summed E-state index contributed by atoms with van der Waals surface area (Å²) in [6, 6.07) is 1.03. The van der Waals surface area contributed by atoms with Crippen molar-refractivity contribution in [3.8, 4) is 0 Å². The molecule has 0 radical (unpaired) electrons. The fourth-order valence-corrected chi connectivity index (χ4v) is 4.64. The first-order valence-corrected chi connectivity index (χ1v) is 8.64. The van der Waals surface area contributed by atoms with Gasteiger partial charge in [0.05, 0.1) is 4.92 Å². The Balaban J connectivity index is 2.96. The highest BCUT2D eigenvalue weighted by Crippen LogP contribution is 2.35. The maximum Gasteiger partial charge on any atom is 0.304 e. The second-order valence-corrected chi connectivity index (χ2v) is 7.97. The number of nitrogen functional groups attached to an aromatic ring is 1. The molecule has 0 spiro atoms. The zero-order valence-corrected chi connectivity index (χ0v) is 13.9. The van der Waals surface area contributed by atoms with Gasteiger partial charge >= 0.3 is 5.69 Å². The van der Waals surface area contributed by atoms with E-state index in [2.05, 4.69) is 0 Å². The molecular formula is C11H20N4O4S2. The summed E-state index contributed by atoms with van der Waals surface area (Å²) < 4.78 is 26.2. The van der Waals surface area contributed by atoms with Gasteiger partial charge in [-0.25, -0.2) is 8.42 Å². The van der Waals surface area contributed by atoms with E-state index < -0.39 is 14.9 Å². The highest BCUT2D eigenvalue weighted by atomic mass is 32.2. The summed E-state index contributed by atoms with van der Waals surface area (Å²) in [5.41, 5.74) is 5.15. The average Bonchev–Trinajstić information content (AvgIpc) is 2.77. The third-order valence-corrected chi connectivity index (χ3v) is 6.25. The van der Waals surface area contributed by atoms with E-state index in [9.17, 15) is 18.5 Å². The number of hydrogen-bond acceptors (Lipinski definition) is 7. The lowest BCUT2D eigenvalue weighted by Crippen LogP contribution is -2.32. The van der Waals surface area contributed by atoms with E-state index >= 15 is 0 Å². The average molecular weight is 336 g/mol. The topological polar surface area (TPSA) is 110 Å². The third kappa shape index (κ3) is 4.37. The summed E-state index contributed by atoms with van der Waals surface area (Å²) in [4.78, 5) is 12.1. The summed E-state index contributed by atoms with van der Waals surface area (Å²) in [5, 5.41) is 10.7. The molecule has 0 aliphatic heterocycles. The molecule has 0 amide bonds. The maximum absolute atomic E-state index is 12.5. The SMILES string of the molecule is CCN(CCCN(C)C)S(=O)(=O)c1cc([N+](=O)[O-])c(N)s1. The van der Waals surface area contributed by atoms with E-state index in [0.29, 0.717) is 19.5 Å². The molecule has 0 unspecified atom stereocenters. The monoisotopic (exact) mass is 336 g/mol. The number of hydrogen-bond donors (Lipinski definition) is 1. The smallest absolute Gasteiger partial charge is 0.304 e. The second kappa shape index (κ2) is 7.16. The highest BCUT2D eigenvalue weighted by molar-refractivity contribution is 7.91. The molecule has 120 valence electrons. The van der Waals surface area contributed by atoms with Gasteiger partial charge in [-0.05, 0) is 27.1 Å². The lowest BCUT2D eigenvalue weighted by Gasteiger charge is -2.20. The Labute approximate surface area is 128 Å². The van der Waals surface area contributed by atoms with Crippen LogP contribution in [0.3, 0.4) is 0 Å². The highest BCUT2D eigenvalue weighted by Gasteiger charge is 2.29. The van der Waals surface area contributed by atoms with Gasteiger partial charge in [0, 0.05) is 19.2 Å². The van der Waals surface area contributed by atoms with Crippen LogP contribution in [0.5, 0.6) is 0 Å². The number of nitro groups is 1. The van der Waals surface area contributed by atoms with Crippen LogP contribution in [-0.4, -0.2) is 56.3 Å². The summed E-state index contributed by atoms with van der Waals surface area (Å²) >= 11 is 0.729. The van der Waals surface area contributed by atoms with Crippen LogP contribution in [0, 0.1) is 10.1 Å². The summed E-state index contributed by atoms with van der Waals surface area (Å²) in [5.74, 6) is 0. The molecule has 0 fully saturated rings. The first kappa shape index (κ1) is 17.8. The van der Waals surface area contributed by atoms with E-state index in [1.807, 2.05) is 19.0 Å². The Kier molecular flexibility index (Phi) is 6.08. The summed E-state index contributed by atoms with van der Waals surface area (Å²) in [6.07, 6.45) is 0.684. The predicted molar refractivity (Wildman–Crippen MR) is 83.0 cm³/mol. The van der Waals surface area contributed by atoms with Crippen LogP contribution in [-0.2, 0) is 10.0 Å². The van der Waals surface area contributed by atoms with E-state index in [-0.39, 0.29) is 14.9 Å². The molecular weight excluding hydrogens is 316 g/mol. The van der Waals surface area contributed by atoms with Crippen molar-refractivity contribution in [3.63, 3.8) is 0 Å². The molecule has 0 aliphatic rings. The lowest BCUT2D eigenvalue weighted by atomic mass is 10.4. The number of nitrogens with two attached hydrogens (primary N) is 1. The molecule has 1 heterocycles. The van der Waals surface area contributed by atoms with E-state index in [4.69, 9.17) is 5.73 Å². The third-order valence-electron chi connectivity index (χ3n) is 2.87. The second-order valence-electron chi connectivity index (χ2n) is 4.73. The molecule has 0 aromatic carbocycles. The predicted octanol–water partition coefficient (Wildman–Crippen LogP) is 1.20. The van der Waals surface area contributed by atoms with Gasteiger partial charge in [-0.2, -0.15) is 4.31 Å². The van der Waals surface area contributed by atoms with Gasteiger partial charge in [0.2, 0.25) is 0 Å². The summed E-state index contributed by atoms with van der Waals surface area (Å²) in [6.45, 7) is 3.17. The molecule has 0 aliphatic carbocycles.